The zero-order valence-corrected chi connectivity index (χ0v) is 22.4. The minimum atomic E-state index is -0.478. The van der Waals surface area contributed by atoms with E-state index in [1.807, 2.05) is 49.5 Å². The molecule has 0 bridgehead atoms. The van der Waals surface area contributed by atoms with E-state index in [0.29, 0.717) is 51.4 Å². The van der Waals surface area contributed by atoms with Gasteiger partial charge in [-0.3, -0.25) is 4.79 Å². The Bertz CT molecular complexity index is 1630. The van der Waals surface area contributed by atoms with Crippen LogP contribution in [0, 0.1) is 6.92 Å². The number of methoxy groups -OCH3 is 3. The predicted molar refractivity (Wildman–Crippen MR) is 152 cm³/mol. The van der Waals surface area contributed by atoms with E-state index in [1.165, 1.54) is 0 Å². The van der Waals surface area contributed by atoms with E-state index in [4.69, 9.17) is 19.2 Å². The van der Waals surface area contributed by atoms with E-state index in [2.05, 4.69) is 16.4 Å². The van der Waals surface area contributed by atoms with Gasteiger partial charge in [-0.05, 0) is 55.3 Å². The number of aliphatic hydroxyl groups is 1. The first kappa shape index (κ1) is 26.1. The molecular weight excluding hydrogens is 494 g/mol. The molecule has 0 spiro atoms. The maximum atomic E-state index is 13.7. The number of para-hydroxylation sites is 1. The van der Waals surface area contributed by atoms with Crippen molar-refractivity contribution in [2.24, 2.45) is 0 Å². The smallest absolute Gasteiger partial charge is 0.252 e. The molecule has 0 saturated carbocycles. The molecule has 0 aliphatic rings. The molecule has 8 heteroatoms. The summed E-state index contributed by atoms with van der Waals surface area (Å²) in [5.41, 5.74) is 5.61. The molecule has 8 nitrogen and oxygen atoms in total. The third kappa shape index (κ3) is 5.11. The number of rotatable bonds is 9. The van der Waals surface area contributed by atoms with Gasteiger partial charge in [0.25, 0.3) is 5.91 Å². The van der Waals surface area contributed by atoms with Gasteiger partial charge in [0.1, 0.15) is 0 Å². The number of carbonyl (C=O) groups is 1. The van der Waals surface area contributed by atoms with E-state index in [0.717, 1.165) is 22.0 Å². The maximum absolute atomic E-state index is 13.7. The fourth-order valence-corrected chi connectivity index (χ4v) is 4.89. The number of H-pyrrole nitrogens is 1. The highest BCUT2D eigenvalue weighted by Crippen LogP contribution is 2.41. The topological polar surface area (TPSA) is 106 Å². The van der Waals surface area contributed by atoms with E-state index in [-0.39, 0.29) is 12.5 Å². The first-order chi connectivity index (χ1) is 18.9. The summed E-state index contributed by atoms with van der Waals surface area (Å²) < 4.78 is 16.5. The molecule has 0 fully saturated rings. The minimum Gasteiger partial charge on any atom is -0.493 e. The van der Waals surface area contributed by atoms with E-state index < -0.39 is 6.04 Å². The lowest BCUT2D eigenvalue weighted by atomic mass is 10.0. The highest BCUT2D eigenvalue weighted by molar-refractivity contribution is 6.07. The van der Waals surface area contributed by atoms with Gasteiger partial charge in [0, 0.05) is 28.0 Å². The first-order valence-electron chi connectivity index (χ1n) is 12.6. The quantitative estimate of drug-likeness (QED) is 0.249. The normalized spacial score (nSPS) is 11.9. The summed E-state index contributed by atoms with van der Waals surface area (Å²) in [4.78, 5) is 21.8. The van der Waals surface area contributed by atoms with Crippen LogP contribution in [0.1, 0.15) is 21.5 Å². The Morgan fingerprint density at radius 2 is 1.72 bits per heavy atom. The van der Waals surface area contributed by atoms with Crippen LogP contribution in [-0.2, 0) is 6.42 Å². The van der Waals surface area contributed by atoms with Crippen LogP contribution in [0.5, 0.6) is 17.2 Å². The van der Waals surface area contributed by atoms with Crippen LogP contribution in [0.3, 0.4) is 0 Å². The monoisotopic (exact) mass is 525 g/mol. The molecule has 3 N–H and O–H groups in total. The van der Waals surface area contributed by atoms with E-state index in [1.54, 1.807) is 39.5 Å². The Balaban J connectivity index is 1.51. The molecule has 2 aromatic heterocycles. The number of aromatic amines is 1. The molecular formula is C31H31N3O5. The summed E-state index contributed by atoms with van der Waals surface area (Å²) in [6, 6.07) is 18.6. The highest BCUT2D eigenvalue weighted by Gasteiger charge is 2.21. The molecule has 2 heterocycles. The molecule has 39 heavy (non-hydrogen) atoms. The van der Waals surface area contributed by atoms with Gasteiger partial charge in [-0.15, -0.1) is 0 Å². The molecule has 0 radical (unpaired) electrons. The first-order valence-corrected chi connectivity index (χ1v) is 12.6. The molecule has 5 aromatic rings. The van der Waals surface area contributed by atoms with Gasteiger partial charge < -0.3 is 29.6 Å². The van der Waals surface area contributed by atoms with Crippen molar-refractivity contribution in [2.45, 2.75) is 19.4 Å². The lowest BCUT2D eigenvalue weighted by Gasteiger charge is -2.18. The maximum Gasteiger partial charge on any atom is 0.252 e. The van der Waals surface area contributed by atoms with Crippen molar-refractivity contribution in [3.8, 4) is 28.5 Å². The van der Waals surface area contributed by atoms with Crippen LogP contribution in [0.15, 0.2) is 66.9 Å². The van der Waals surface area contributed by atoms with Gasteiger partial charge in [0.2, 0.25) is 5.75 Å². The number of aromatic nitrogens is 2. The molecule has 5 rings (SSSR count). The van der Waals surface area contributed by atoms with Crippen molar-refractivity contribution >= 4 is 27.7 Å². The van der Waals surface area contributed by atoms with Crippen molar-refractivity contribution in [3.63, 3.8) is 0 Å². The molecule has 200 valence electrons. The van der Waals surface area contributed by atoms with Gasteiger partial charge in [0.05, 0.1) is 50.8 Å². The highest BCUT2D eigenvalue weighted by atomic mass is 16.5. The predicted octanol–water partition coefficient (Wildman–Crippen LogP) is 5.05. The second-order valence-corrected chi connectivity index (χ2v) is 9.41. The summed E-state index contributed by atoms with van der Waals surface area (Å²) >= 11 is 0. The number of nitrogens with zero attached hydrogens (tertiary/aromatic N) is 1. The second-order valence-electron chi connectivity index (χ2n) is 9.41. The summed E-state index contributed by atoms with van der Waals surface area (Å²) in [5, 5.41) is 15.0. The van der Waals surface area contributed by atoms with Crippen LogP contribution in [-0.4, -0.2) is 55.0 Å². The van der Waals surface area contributed by atoms with Crippen molar-refractivity contribution in [1.29, 1.82) is 0 Å². The van der Waals surface area contributed by atoms with Crippen molar-refractivity contribution < 1.29 is 24.1 Å². The number of fused-ring (bicyclic) bond motifs is 2. The number of nitrogens with one attached hydrogen (secondary N) is 2. The molecule has 3 aromatic carbocycles. The SMILES string of the molecule is COc1cc(-c2cc(C(=O)N[C@@H](CO)Cc3c[nH]c4ccc(C)cc34)c3ccccc3n2)cc(OC)c1OC. The number of aliphatic hydroxyl groups excluding tert-OH is 1. The van der Waals surface area contributed by atoms with E-state index in [9.17, 15) is 9.90 Å². The van der Waals surface area contributed by atoms with Gasteiger partial charge in [-0.1, -0.05) is 29.8 Å². The number of pyridine rings is 1. The Labute approximate surface area is 226 Å². The van der Waals surface area contributed by atoms with Crippen LogP contribution in [0.2, 0.25) is 0 Å². The fraction of sp³-hybridized carbons (Fsp3) is 0.226. The van der Waals surface area contributed by atoms with Crippen LogP contribution in [0.25, 0.3) is 33.1 Å². The zero-order chi connectivity index (χ0) is 27.5. The van der Waals surface area contributed by atoms with Crippen molar-refractivity contribution in [2.75, 3.05) is 27.9 Å². The Kier molecular flexibility index (Phi) is 7.38. The average molecular weight is 526 g/mol. The number of hydrogen-bond donors (Lipinski definition) is 3. The van der Waals surface area contributed by atoms with Crippen LogP contribution < -0.4 is 19.5 Å². The Hall–Kier alpha value is -4.56. The Morgan fingerprint density at radius 3 is 2.41 bits per heavy atom. The minimum absolute atomic E-state index is 0.201. The molecule has 0 saturated heterocycles. The molecule has 0 aliphatic carbocycles. The summed E-state index contributed by atoms with van der Waals surface area (Å²) in [6.45, 7) is 1.84. The third-order valence-corrected chi connectivity index (χ3v) is 6.87. The second kappa shape index (κ2) is 11.0. The standard InChI is InChI=1S/C31H31N3O5/c1-18-9-10-25-23(11-18)20(16-32-25)12-21(17-35)33-31(36)24-15-27(34-26-8-6-5-7-22(24)26)19-13-28(37-2)30(39-4)29(14-19)38-3/h5-11,13-16,21,32,35H,12,17H2,1-4H3,(H,33,36)/t21-/m1/s1. The number of carbonyl (C=O) groups excluding carboxylic acids is 1. The number of aryl methyl sites for hydroxylation is 1. The zero-order valence-electron chi connectivity index (χ0n) is 22.4. The number of benzene rings is 3. The van der Waals surface area contributed by atoms with Crippen LogP contribution >= 0.6 is 0 Å². The number of amides is 1. The molecule has 1 amide bonds. The summed E-state index contributed by atoms with van der Waals surface area (Å²) in [6.07, 6.45) is 2.41. The molecule has 1 atom stereocenters. The van der Waals surface area contributed by atoms with Crippen molar-refractivity contribution in [1.82, 2.24) is 15.3 Å². The summed E-state index contributed by atoms with van der Waals surface area (Å²) in [5.74, 6) is 1.15. The number of hydrogen-bond acceptors (Lipinski definition) is 6. The largest absolute Gasteiger partial charge is 0.493 e. The third-order valence-electron chi connectivity index (χ3n) is 6.87. The van der Waals surface area contributed by atoms with Crippen molar-refractivity contribution in [3.05, 3.63) is 83.6 Å². The van der Waals surface area contributed by atoms with Gasteiger partial charge in [-0.25, -0.2) is 4.98 Å². The lowest BCUT2D eigenvalue weighted by molar-refractivity contribution is 0.0918. The van der Waals surface area contributed by atoms with Gasteiger partial charge in [-0.2, -0.15) is 0 Å². The van der Waals surface area contributed by atoms with Crippen LogP contribution in [0.4, 0.5) is 0 Å². The van der Waals surface area contributed by atoms with Gasteiger partial charge >= 0.3 is 0 Å². The molecule has 0 aliphatic heterocycles. The van der Waals surface area contributed by atoms with E-state index >= 15 is 0 Å². The summed E-state index contributed by atoms with van der Waals surface area (Å²) in [7, 11) is 4.65. The average Bonchev–Trinajstić information content (AvgIpc) is 3.36. The Morgan fingerprint density at radius 1 is 0.974 bits per heavy atom. The van der Waals surface area contributed by atoms with Gasteiger partial charge in [0.15, 0.2) is 11.5 Å². The fourth-order valence-electron chi connectivity index (χ4n) is 4.89. The molecule has 0 unspecified atom stereocenters. The lowest BCUT2D eigenvalue weighted by Crippen LogP contribution is -2.39. The number of ether oxygens (including phenoxy) is 3.